The first-order valence-electron chi connectivity index (χ1n) is 17.8. The Hall–Kier alpha value is -6.82. The summed E-state index contributed by atoms with van der Waals surface area (Å²) >= 11 is 1.86. The summed E-state index contributed by atoms with van der Waals surface area (Å²) in [7, 11) is 0. The minimum absolute atomic E-state index is 0.659. The molecule has 12 aromatic rings. The normalized spacial score (nSPS) is 12.2. The molecule has 246 valence electrons. The van der Waals surface area contributed by atoms with E-state index in [1.54, 1.807) is 0 Å². The third-order valence-electron chi connectivity index (χ3n) is 10.8. The summed E-state index contributed by atoms with van der Waals surface area (Å²) in [5.74, 6) is 1.39. The van der Waals surface area contributed by atoms with Gasteiger partial charge in [-0.05, 0) is 75.8 Å². The van der Waals surface area contributed by atoms with Crippen LogP contribution in [0.5, 0.6) is 0 Å². The molecule has 0 spiro atoms. The molecule has 4 heterocycles. The lowest BCUT2D eigenvalue weighted by atomic mass is 10.00. The minimum atomic E-state index is 0.659. The number of hydrogen-bond acceptors (Lipinski definition) is 4. The first-order valence-corrected chi connectivity index (χ1v) is 18.6. The molecule has 0 atom stereocenters. The average molecular weight is 694 g/mol. The number of thiophene rings is 1. The fourth-order valence-corrected chi connectivity index (χ4v) is 9.48. The second-order valence-corrected chi connectivity index (χ2v) is 14.8. The van der Waals surface area contributed by atoms with Gasteiger partial charge < -0.3 is 4.42 Å². The number of para-hydroxylation sites is 2. The average Bonchev–Trinajstić information content (AvgIpc) is 3.89. The third-order valence-corrected chi connectivity index (χ3v) is 12.0. The predicted octanol–water partition coefficient (Wildman–Crippen LogP) is 13.5. The maximum atomic E-state index is 6.68. The van der Waals surface area contributed by atoms with Crippen molar-refractivity contribution in [2.75, 3.05) is 0 Å². The SMILES string of the molecule is c1ccc(-c2ccc3cc(-c4nc(-n5c6ccccc6c6cc7ccc8c9ccccc9sc8c7cc65)c5oc6ccccc6c5n4)ccc3c2)cc1. The number of nitrogens with zero attached hydrogens (tertiary/aromatic N) is 3. The number of aromatic nitrogens is 3. The molecule has 8 aromatic carbocycles. The lowest BCUT2D eigenvalue weighted by Gasteiger charge is -2.11. The van der Waals surface area contributed by atoms with Gasteiger partial charge in [-0.3, -0.25) is 4.57 Å². The Morgan fingerprint density at radius 1 is 0.453 bits per heavy atom. The Kier molecular flexibility index (Phi) is 5.90. The molecule has 0 bridgehead atoms. The summed E-state index contributed by atoms with van der Waals surface area (Å²) in [5, 5.41) is 10.7. The maximum absolute atomic E-state index is 6.68. The van der Waals surface area contributed by atoms with Gasteiger partial charge in [0.15, 0.2) is 17.2 Å². The van der Waals surface area contributed by atoms with Crippen molar-refractivity contribution in [3.05, 3.63) is 164 Å². The number of hydrogen-bond donors (Lipinski definition) is 0. The van der Waals surface area contributed by atoms with Gasteiger partial charge in [-0.15, -0.1) is 11.3 Å². The van der Waals surface area contributed by atoms with Crippen LogP contribution in [0.3, 0.4) is 0 Å². The summed E-state index contributed by atoms with van der Waals surface area (Å²) in [6.45, 7) is 0. The fraction of sp³-hybridized carbons (Fsp3) is 0. The van der Waals surface area contributed by atoms with Crippen molar-refractivity contribution in [3.8, 4) is 28.3 Å². The Morgan fingerprint density at radius 2 is 1.17 bits per heavy atom. The van der Waals surface area contributed by atoms with Crippen LogP contribution in [-0.2, 0) is 0 Å². The second kappa shape index (κ2) is 10.8. The van der Waals surface area contributed by atoms with Crippen molar-refractivity contribution < 1.29 is 4.42 Å². The number of fused-ring (bicyclic) bond motifs is 12. The van der Waals surface area contributed by atoms with Crippen molar-refractivity contribution in [1.82, 2.24) is 14.5 Å². The lowest BCUT2D eigenvalue weighted by Crippen LogP contribution is -2.02. The van der Waals surface area contributed by atoms with E-state index in [2.05, 4.69) is 150 Å². The molecule has 12 rings (SSSR count). The van der Waals surface area contributed by atoms with Gasteiger partial charge in [0.05, 0.1) is 11.0 Å². The summed E-state index contributed by atoms with van der Waals surface area (Å²) in [4.78, 5) is 10.7. The van der Waals surface area contributed by atoms with Gasteiger partial charge >= 0.3 is 0 Å². The van der Waals surface area contributed by atoms with Gasteiger partial charge in [-0.25, -0.2) is 9.97 Å². The molecule has 0 aliphatic rings. The van der Waals surface area contributed by atoms with Crippen LogP contribution in [-0.4, -0.2) is 14.5 Å². The van der Waals surface area contributed by atoms with Crippen molar-refractivity contribution in [2.45, 2.75) is 0 Å². The molecule has 0 fully saturated rings. The highest BCUT2D eigenvalue weighted by atomic mass is 32.1. The molecule has 0 saturated carbocycles. The number of benzene rings is 8. The first-order chi connectivity index (χ1) is 26.2. The molecule has 4 aromatic heterocycles. The maximum Gasteiger partial charge on any atom is 0.197 e. The van der Waals surface area contributed by atoms with Crippen LogP contribution in [0, 0.1) is 0 Å². The minimum Gasteiger partial charge on any atom is -0.450 e. The monoisotopic (exact) mass is 693 g/mol. The molecule has 5 heteroatoms. The zero-order valence-corrected chi connectivity index (χ0v) is 29.1. The van der Waals surface area contributed by atoms with Gasteiger partial charge in [-0.1, -0.05) is 115 Å². The van der Waals surface area contributed by atoms with Crippen molar-refractivity contribution in [2.24, 2.45) is 0 Å². The first kappa shape index (κ1) is 28.8. The van der Waals surface area contributed by atoms with E-state index in [4.69, 9.17) is 14.4 Å². The van der Waals surface area contributed by atoms with Crippen molar-refractivity contribution >= 4 is 96.9 Å². The molecule has 0 N–H and O–H groups in total. The van der Waals surface area contributed by atoms with E-state index in [1.807, 2.05) is 29.5 Å². The zero-order chi connectivity index (χ0) is 34.6. The summed E-state index contributed by atoms with van der Waals surface area (Å²) in [5.41, 5.74) is 7.78. The number of rotatable bonds is 3. The highest BCUT2D eigenvalue weighted by Gasteiger charge is 2.23. The summed E-state index contributed by atoms with van der Waals surface area (Å²) < 4.78 is 11.6. The molecule has 4 nitrogen and oxygen atoms in total. The van der Waals surface area contributed by atoms with Crippen LogP contribution >= 0.6 is 11.3 Å². The molecule has 0 amide bonds. The largest absolute Gasteiger partial charge is 0.450 e. The van der Waals surface area contributed by atoms with E-state index in [1.165, 1.54) is 58.2 Å². The van der Waals surface area contributed by atoms with Gasteiger partial charge in [0.1, 0.15) is 11.1 Å². The molecule has 0 aliphatic heterocycles. The smallest absolute Gasteiger partial charge is 0.197 e. The van der Waals surface area contributed by atoms with Crippen LogP contribution in [0.25, 0.3) is 114 Å². The molecule has 0 unspecified atom stereocenters. The van der Waals surface area contributed by atoms with Gasteiger partial charge in [0, 0.05) is 47.3 Å². The van der Waals surface area contributed by atoms with Crippen LogP contribution in [0.2, 0.25) is 0 Å². The van der Waals surface area contributed by atoms with Crippen LogP contribution in [0.15, 0.2) is 168 Å². The Bertz CT molecular complexity index is 3460. The van der Waals surface area contributed by atoms with Gasteiger partial charge in [-0.2, -0.15) is 0 Å². The Labute approximate surface area is 306 Å². The standard InChI is InChI=1S/C48H27N3OS/c1-2-10-28(11-3-1)29-18-19-31-25-33(21-20-30(31)24-29)47-49-44-37-14-5-8-16-42(37)52-45(44)48(50-47)51-40-15-7-4-12-34(40)39-26-32-22-23-36-35-13-6-9-17-43(35)53-46(36)38(32)27-41(39)51/h1-27H. The fourth-order valence-electron chi connectivity index (χ4n) is 8.25. The third kappa shape index (κ3) is 4.23. The quantitative estimate of drug-likeness (QED) is 0.185. The lowest BCUT2D eigenvalue weighted by molar-refractivity contribution is 0.662. The van der Waals surface area contributed by atoms with E-state index in [-0.39, 0.29) is 0 Å². The summed E-state index contributed by atoms with van der Waals surface area (Å²) in [6, 6.07) is 58.4. The Balaban J connectivity index is 1.15. The molecular formula is C48H27N3OS. The van der Waals surface area contributed by atoms with Crippen LogP contribution in [0.1, 0.15) is 0 Å². The van der Waals surface area contributed by atoms with E-state index >= 15 is 0 Å². The highest BCUT2D eigenvalue weighted by Crippen LogP contribution is 2.43. The molecule has 53 heavy (non-hydrogen) atoms. The van der Waals surface area contributed by atoms with Crippen LogP contribution in [0.4, 0.5) is 0 Å². The van der Waals surface area contributed by atoms with Crippen molar-refractivity contribution in [3.63, 3.8) is 0 Å². The number of furan rings is 1. The predicted molar refractivity (Wildman–Crippen MR) is 222 cm³/mol. The molecular weight excluding hydrogens is 667 g/mol. The molecule has 0 aliphatic carbocycles. The van der Waals surface area contributed by atoms with E-state index in [0.29, 0.717) is 11.4 Å². The Morgan fingerprint density at radius 3 is 2.06 bits per heavy atom. The zero-order valence-electron chi connectivity index (χ0n) is 28.2. The van der Waals surface area contributed by atoms with Gasteiger partial charge in [0.25, 0.3) is 0 Å². The van der Waals surface area contributed by atoms with E-state index in [9.17, 15) is 0 Å². The summed E-state index contributed by atoms with van der Waals surface area (Å²) in [6.07, 6.45) is 0. The topological polar surface area (TPSA) is 43.9 Å². The van der Waals surface area contributed by atoms with Crippen molar-refractivity contribution in [1.29, 1.82) is 0 Å². The van der Waals surface area contributed by atoms with E-state index < -0.39 is 0 Å². The molecule has 0 saturated heterocycles. The second-order valence-electron chi connectivity index (χ2n) is 13.8. The van der Waals surface area contributed by atoms with Crippen LogP contribution < -0.4 is 0 Å². The highest BCUT2D eigenvalue weighted by molar-refractivity contribution is 7.26. The van der Waals surface area contributed by atoms with E-state index in [0.717, 1.165) is 44.3 Å². The van der Waals surface area contributed by atoms with Gasteiger partial charge in [0.2, 0.25) is 0 Å². The molecule has 0 radical (unpaired) electrons.